The quantitative estimate of drug-likeness (QED) is 0.717. The maximum Gasteiger partial charge on any atom is 0.0624 e. The van der Waals surface area contributed by atoms with Crippen molar-refractivity contribution < 1.29 is 0 Å². The van der Waals surface area contributed by atoms with Crippen LogP contribution < -0.4 is 0 Å². The molecule has 18 heavy (non-hydrogen) atoms. The van der Waals surface area contributed by atoms with Gasteiger partial charge < -0.3 is 0 Å². The first-order valence-electron chi connectivity index (χ1n) is 7.38. The number of hydrogen-bond donors (Lipinski definition) is 0. The SMILES string of the molecule is CCC(C)CCc1ncc(C)nc1CC(C)CC. The molecule has 1 aromatic heterocycles. The minimum absolute atomic E-state index is 0.698. The van der Waals surface area contributed by atoms with Crippen LogP contribution in [0.1, 0.15) is 64.0 Å². The second kappa shape index (κ2) is 7.50. The molecule has 1 aromatic rings. The van der Waals surface area contributed by atoms with Crippen LogP contribution in [0, 0.1) is 18.8 Å². The molecule has 0 N–H and O–H groups in total. The lowest BCUT2D eigenvalue weighted by atomic mass is 9.97. The van der Waals surface area contributed by atoms with Crippen molar-refractivity contribution >= 4 is 0 Å². The van der Waals surface area contributed by atoms with E-state index in [1.165, 1.54) is 30.7 Å². The van der Waals surface area contributed by atoms with Gasteiger partial charge in [-0.25, -0.2) is 0 Å². The highest BCUT2D eigenvalue weighted by Crippen LogP contribution is 2.17. The van der Waals surface area contributed by atoms with Crippen molar-refractivity contribution in [3.05, 3.63) is 23.3 Å². The summed E-state index contributed by atoms with van der Waals surface area (Å²) in [6.07, 6.45) is 7.74. The van der Waals surface area contributed by atoms with Crippen LogP contribution >= 0.6 is 0 Å². The predicted octanol–water partition coefficient (Wildman–Crippen LogP) is 4.35. The maximum atomic E-state index is 4.70. The molecule has 0 amide bonds. The molecular formula is C16H28N2. The van der Waals surface area contributed by atoms with Crippen molar-refractivity contribution in [3.63, 3.8) is 0 Å². The number of hydrogen-bond acceptors (Lipinski definition) is 2. The highest BCUT2D eigenvalue weighted by atomic mass is 14.8. The molecule has 0 aliphatic carbocycles. The van der Waals surface area contributed by atoms with Crippen LogP contribution in [0.15, 0.2) is 6.20 Å². The number of rotatable bonds is 7. The minimum Gasteiger partial charge on any atom is -0.258 e. The van der Waals surface area contributed by atoms with Crippen molar-refractivity contribution in [2.75, 3.05) is 0 Å². The van der Waals surface area contributed by atoms with Gasteiger partial charge in [-0.2, -0.15) is 0 Å². The van der Waals surface area contributed by atoms with Crippen LogP contribution in [0.25, 0.3) is 0 Å². The van der Waals surface area contributed by atoms with Gasteiger partial charge in [0.2, 0.25) is 0 Å². The summed E-state index contributed by atoms with van der Waals surface area (Å²) in [5.74, 6) is 1.48. The zero-order valence-electron chi connectivity index (χ0n) is 12.7. The molecular weight excluding hydrogens is 220 g/mol. The molecule has 2 heteroatoms. The molecule has 0 saturated carbocycles. The molecule has 0 fully saturated rings. The van der Waals surface area contributed by atoms with Gasteiger partial charge in [-0.15, -0.1) is 0 Å². The van der Waals surface area contributed by atoms with Crippen molar-refractivity contribution in [1.29, 1.82) is 0 Å². The Bertz CT molecular complexity index is 360. The molecule has 0 aromatic carbocycles. The van der Waals surface area contributed by atoms with Crippen LogP contribution in [0.5, 0.6) is 0 Å². The molecule has 0 aliphatic rings. The van der Waals surface area contributed by atoms with Gasteiger partial charge in [0.05, 0.1) is 17.1 Å². The zero-order chi connectivity index (χ0) is 13.5. The van der Waals surface area contributed by atoms with Gasteiger partial charge in [0.1, 0.15) is 0 Å². The molecule has 0 aliphatic heterocycles. The van der Waals surface area contributed by atoms with Crippen molar-refractivity contribution in [3.8, 4) is 0 Å². The van der Waals surface area contributed by atoms with E-state index in [9.17, 15) is 0 Å². The average molecular weight is 248 g/mol. The molecule has 1 rings (SSSR count). The Balaban J connectivity index is 2.76. The second-order valence-electron chi connectivity index (χ2n) is 5.67. The van der Waals surface area contributed by atoms with E-state index in [1.807, 2.05) is 13.1 Å². The summed E-state index contributed by atoms with van der Waals surface area (Å²) >= 11 is 0. The van der Waals surface area contributed by atoms with E-state index in [1.54, 1.807) is 0 Å². The standard InChI is InChI=1S/C16H28N2/c1-6-12(3)8-9-15-16(10-13(4)7-2)18-14(5)11-17-15/h11-13H,6-10H2,1-5H3. The molecule has 0 radical (unpaired) electrons. The van der Waals surface area contributed by atoms with E-state index in [0.717, 1.165) is 24.5 Å². The molecule has 102 valence electrons. The van der Waals surface area contributed by atoms with Crippen LogP contribution in [-0.2, 0) is 12.8 Å². The lowest BCUT2D eigenvalue weighted by Crippen LogP contribution is -2.09. The molecule has 2 nitrogen and oxygen atoms in total. The molecule has 0 saturated heterocycles. The zero-order valence-corrected chi connectivity index (χ0v) is 12.7. The fourth-order valence-electron chi connectivity index (χ4n) is 1.99. The molecule has 2 atom stereocenters. The fourth-order valence-corrected chi connectivity index (χ4v) is 1.99. The van der Waals surface area contributed by atoms with Gasteiger partial charge >= 0.3 is 0 Å². The summed E-state index contributed by atoms with van der Waals surface area (Å²) in [6, 6.07) is 0. The van der Waals surface area contributed by atoms with Gasteiger partial charge in [-0.3, -0.25) is 9.97 Å². The molecule has 0 bridgehead atoms. The van der Waals surface area contributed by atoms with E-state index in [-0.39, 0.29) is 0 Å². The molecule has 2 unspecified atom stereocenters. The normalized spacial score (nSPS) is 14.5. The maximum absolute atomic E-state index is 4.70. The molecule has 0 spiro atoms. The Morgan fingerprint density at radius 1 is 1.06 bits per heavy atom. The Morgan fingerprint density at radius 3 is 2.33 bits per heavy atom. The lowest BCUT2D eigenvalue weighted by molar-refractivity contribution is 0.504. The first kappa shape index (κ1) is 15.1. The first-order chi connectivity index (χ1) is 8.56. The van der Waals surface area contributed by atoms with Crippen molar-refractivity contribution in [2.24, 2.45) is 11.8 Å². The Kier molecular flexibility index (Phi) is 6.31. The topological polar surface area (TPSA) is 25.8 Å². The average Bonchev–Trinajstić information content (AvgIpc) is 2.37. The predicted molar refractivity (Wildman–Crippen MR) is 77.7 cm³/mol. The van der Waals surface area contributed by atoms with Gasteiger partial charge in [0.25, 0.3) is 0 Å². The third-order valence-corrected chi connectivity index (χ3v) is 3.86. The number of aryl methyl sites for hydroxylation is 2. The van der Waals surface area contributed by atoms with Gasteiger partial charge in [-0.1, -0.05) is 40.5 Å². The van der Waals surface area contributed by atoms with E-state index < -0.39 is 0 Å². The highest BCUT2D eigenvalue weighted by Gasteiger charge is 2.11. The smallest absolute Gasteiger partial charge is 0.0624 e. The van der Waals surface area contributed by atoms with Crippen LogP contribution in [0.2, 0.25) is 0 Å². The molecule has 1 heterocycles. The first-order valence-corrected chi connectivity index (χ1v) is 7.38. The Morgan fingerprint density at radius 2 is 1.72 bits per heavy atom. The largest absolute Gasteiger partial charge is 0.258 e. The summed E-state index contributed by atoms with van der Waals surface area (Å²) in [5.41, 5.74) is 3.49. The fraction of sp³-hybridized carbons (Fsp3) is 0.750. The van der Waals surface area contributed by atoms with E-state index in [2.05, 4.69) is 32.7 Å². The van der Waals surface area contributed by atoms with Gasteiger partial charge in [-0.05, 0) is 38.0 Å². The second-order valence-corrected chi connectivity index (χ2v) is 5.67. The number of nitrogens with zero attached hydrogens (tertiary/aromatic N) is 2. The summed E-state index contributed by atoms with van der Waals surface area (Å²) in [7, 11) is 0. The summed E-state index contributed by atoms with van der Waals surface area (Å²) < 4.78 is 0. The summed E-state index contributed by atoms with van der Waals surface area (Å²) in [5, 5.41) is 0. The summed E-state index contributed by atoms with van der Waals surface area (Å²) in [6.45, 7) is 11.1. The third kappa shape index (κ3) is 4.75. The lowest BCUT2D eigenvalue weighted by Gasteiger charge is -2.14. The Labute approximate surface area is 112 Å². The van der Waals surface area contributed by atoms with Crippen molar-refractivity contribution in [1.82, 2.24) is 9.97 Å². The van der Waals surface area contributed by atoms with E-state index >= 15 is 0 Å². The van der Waals surface area contributed by atoms with Crippen molar-refractivity contribution in [2.45, 2.75) is 66.7 Å². The monoisotopic (exact) mass is 248 g/mol. The van der Waals surface area contributed by atoms with Crippen LogP contribution in [0.4, 0.5) is 0 Å². The summed E-state index contributed by atoms with van der Waals surface area (Å²) in [4.78, 5) is 9.31. The van der Waals surface area contributed by atoms with Gasteiger partial charge in [0, 0.05) is 6.20 Å². The van der Waals surface area contributed by atoms with Crippen LogP contribution in [-0.4, -0.2) is 9.97 Å². The number of aromatic nitrogens is 2. The van der Waals surface area contributed by atoms with Crippen LogP contribution in [0.3, 0.4) is 0 Å². The minimum atomic E-state index is 0.698. The third-order valence-electron chi connectivity index (χ3n) is 3.86. The van der Waals surface area contributed by atoms with E-state index in [4.69, 9.17) is 4.98 Å². The van der Waals surface area contributed by atoms with Gasteiger partial charge in [0.15, 0.2) is 0 Å². The van der Waals surface area contributed by atoms with E-state index in [0.29, 0.717) is 5.92 Å². The Hall–Kier alpha value is -0.920. The highest BCUT2D eigenvalue weighted by molar-refractivity contribution is 5.14.